The summed E-state index contributed by atoms with van der Waals surface area (Å²) in [5.74, 6) is -0.163. The number of hydrogen-bond donors (Lipinski definition) is 2. The molecule has 10 heteroatoms. The molecule has 114 valence electrons. The van der Waals surface area contributed by atoms with Gasteiger partial charge >= 0.3 is 0 Å². The Bertz CT molecular complexity index is 734. The first-order valence-electron chi connectivity index (χ1n) is 6.41. The average Bonchev–Trinajstić information content (AvgIpc) is 2.78. The van der Waals surface area contributed by atoms with Crippen molar-refractivity contribution in [2.45, 2.75) is 31.7 Å². The van der Waals surface area contributed by atoms with E-state index in [1.807, 2.05) is 13.8 Å². The van der Waals surface area contributed by atoms with Crippen LogP contribution in [0.2, 0.25) is 0 Å². The van der Waals surface area contributed by atoms with Crippen LogP contribution in [-0.2, 0) is 29.9 Å². The molecular weight excluding hydrogens is 294 g/mol. The Hall–Kier alpha value is -2.23. The van der Waals surface area contributed by atoms with Gasteiger partial charge in [0.25, 0.3) is 16.0 Å². The molecule has 2 aromatic heterocycles. The van der Waals surface area contributed by atoms with Crippen LogP contribution in [0.25, 0.3) is 0 Å². The lowest BCUT2D eigenvalue weighted by molar-refractivity contribution is 0.591. The molecule has 9 nitrogen and oxygen atoms in total. The molecule has 3 N–H and O–H groups in total. The molecule has 2 rings (SSSR count). The van der Waals surface area contributed by atoms with Crippen LogP contribution in [0, 0.1) is 0 Å². The van der Waals surface area contributed by atoms with Crippen molar-refractivity contribution in [1.29, 1.82) is 0 Å². The highest BCUT2D eigenvalue weighted by Crippen LogP contribution is 2.18. The minimum absolute atomic E-state index is 0.0790. The number of anilines is 2. The van der Waals surface area contributed by atoms with E-state index in [0.29, 0.717) is 18.5 Å². The van der Waals surface area contributed by atoms with Crippen LogP contribution >= 0.6 is 0 Å². The maximum absolute atomic E-state index is 12.3. The zero-order valence-corrected chi connectivity index (χ0v) is 12.8. The maximum Gasteiger partial charge on any atom is 0.283 e. The van der Waals surface area contributed by atoms with E-state index in [9.17, 15) is 8.42 Å². The largest absolute Gasteiger partial charge is 0.381 e. The van der Waals surface area contributed by atoms with Gasteiger partial charge in [-0.25, -0.2) is 14.7 Å². The third kappa shape index (κ3) is 2.94. The van der Waals surface area contributed by atoms with Gasteiger partial charge in [0, 0.05) is 7.05 Å². The molecule has 0 spiro atoms. The molecule has 0 aliphatic heterocycles. The third-order valence-corrected chi connectivity index (χ3v) is 4.36. The monoisotopic (exact) mass is 311 g/mol. The van der Waals surface area contributed by atoms with E-state index in [-0.39, 0.29) is 16.8 Å². The molecule has 0 saturated heterocycles. The molecule has 0 radical (unpaired) electrons. The molecule has 2 aromatic rings. The van der Waals surface area contributed by atoms with Crippen molar-refractivity contribution in [1.82, 2.24) is 24.7 Å². The lowest BCUT2D eigenvalue weighted by Gasteiger charge is -2.09. The molecule has 0 aliphatic rings. The van der Waals surface area contributed by atoms with E-state index in [2.05, 4.69) is 24.9 Å². The second-order valence-electron chi connectivity index (χ2n) is 4.39. The smallest absolute Gasteiger partial charge is 0.283 e. The summed E-state index contributed by atoms with van der Waals surface area (Å²) in [6, 6.07) is 0. The first-order chi connectivity index (χ1) is 9.89. The maximum atomic E-state index is 12.3. The van der Waals surface area contributed by atoms with Crippen molar-refractivity contribution in [3.8, 4) is 0 Å². The van der Waals surface area contributed by atoms with E-state index in [4.69, 9.17) is 5.73 Å². The number of sulfonamides is 1. The summed E-state index contributed by atoms with van der Waals surface area (Å²) in [6.07, 6.45) is 2.65. The summed E-state index contributed by atoms with van der Waals surface area (Å²) in [7, 11) is -2.38. The minimum atomic E-state index is -3.92. The van der Waals surface area contributed by atoms with Crippen LogP contribution in [0.4, 0.5) is 11.8 Å². The lowest BCUT2D eigenvalue weighted by atomic mass is 10.2. The first-order valence-corrected chi connectivity index (χ1v) is 7.89. The number of nitrogens with zero attached hydrogens (tertiary/aromatic N) is 5. The number of nitrogen functional groups attached to an aromatic ring is 1. The topological polar surface area (TPSA) is 129 Å². The van der Waals surface area contributed by atoms with Gasteiger partial charge in [-0.3, -0.25) is 0 Å². The molecule has 0 saturated carbocycles. The van der Waals surface area contributed by atoms with Crippen LogP contribution in [-0.4, -0.2) is 33.2 Å². The molecule has 21 heavy (non-hydrogen) atoms. The Morgan fingerprint density at radius 3 is 2.43 bits per heavy atom. The van der Waals surface area contributed by atoms with Crippen LogP contribution in [0.15, 0.2) is 11.4 Å². The van der Waals surface area contributed by atoms with Crippen molar-refractivity contribution in [3.63, 3.8) is 0 Å². The Balaban J connectivity index is 2.38. The zero-order valence-electron chi connectivity index (χ0n) is 12.0. The van der Waals surface area contributed by atoms with Crippen LogP contribution < -0.4 is 10.5 Å². The number of nitrogens with one attached hydrogen (secondary N) is 1. The normalized spacial score (nSPS) is 11.6. The fraction of sp³-hybridized carbons (Fsp3) is 0.455. The van der Waals surface area contributed by atoms with Gasteiger partial charge in [0.05, 0.1) is 17.7 Å². The molecule has 0 amide bonds. The number of nitrogens with two attached hydrogens (primary N) is 1. The summed E-state index contributed by atoms with van der Waals surface area (Å²) >= 11 is 0. The Morgan fingerprint density at radius 1 is 1.24 bits per heavy atom. The van der Waals surface area contributed by atoms with Gasteiger partial charge < -0.3 is 10.3 Å². The Labute approximate surface area is 122 Å². The lowest BCUT2D eigenvalue weighted by Crippen LogP contribution is -2.20. The van der Waals surface area contributed by atoms with Crippen molar-refractivity contribution in [3.05, 3.63) is 17.7 Å². The van der Waals surface area contributed by atoms with E-state index < -0.39 is 10.0 Å². The van der Waals surface area contributed by atoms with E-state index >= 15 is 0 Å². The molecule has 0 bridgehead atoms. The Morgan fingerprint density at radius 2 is 1.90 bits per heavy atom. The highest BCUT2D eigenvalue weighted by molar-refractivity contribution is 7.92. The quantitative estimate of drug-likeness (QED) is 0.801. The van der Waals surface area contributed by atoms with Crippen LogP contribution in [0.1, 0.15) is 25.2 Å². The number of aryl methyl sites for hydroxylation is 3. The molecule has 2 heterocycles. The summed E-state index contributed by atoms with van der Waals surface area (Å²) < 4.78 is 28.2. The van der Waals surface area contributed by atoms with Crippen LogP contribution in [0.3, 0.4) is 0 Å². The molecule has 0 unspecified atom stereocenters. The highest BCUT2D eigenvalue weighted by atomic mass is 32.2. The number of hydrogen-bond acceptors (Lipinski definition) is 7. The molecule has 0 atom stereocenters. The predicted molar refractivity (Wildman–Crippen MR) is 77.0 cm³/mol. The van der Waals surface area contributed by atoms with Gasteiger partial charge in [-0.15, -0.1) is 10.2 Å². The van der Waals surface area contributed by atoms with Crippen molar-refractivity contribution >= 4 is 21.8 Å². The summed E-state index contributed by atoms with van der Waals surface area (Å²) in [4.78, 5) is 7.93. The van der Waals surface area contributed by atoms with E-state index in [1.165, 1.54) is 17.9 Å². The van der Waals surface area contributed by atoms with Crippen molar-refractivity contribution < 1.29 is 8.42 Å². The second-order valence-corrected chi connectivity index (χ2v) is 5.98. The van der Waals surface area contributed by atoms with Crippen molar-refractivity contribution in [2.75, 3.05) is 10.5 Å². The van der Waals surface area contributed by atoms with Crippen molar-refractivity contribution in [2.24, 2.45) is 7.05 Å². The van der Waals surface area contributed by atoms with Gasteiger partial charge in [-0.2, -0.15) is 8.42 Å². The summed E-state index contributed by atoms with van der Waals surface area (Å²) in [5, 5.41) is 7.64. The number of aromatic nitrogens is 5. The molecular formula is C11H17N7O2S. The summed E-state index contributed by atoms with van der Waals surface area (Å²) in [6.45, 7) is 3.85. The fourth-order valence-corrected chi connectivity index (χ4v) is 3.09. The molecule has 0 aliphatic carbocycles. The van der Waals surface area contributed by atoms with Gasteiger partial charge in [0.1, 0.15) is 0 Å². The third-order valence-electron chi connectivity index (χ3n) is 2.90. The van der Waals surface area contributed by atoms with Gasteiger partial charge in [0.2, 0.25) is 0 Å². The average molecular weight is 311 g/mol. The standard InChI is InChI=1S/C11H17N7O2S/c1-4-7-8(5-2)15-16-11(14-7)17-21(19,20)10-9(12)13-6-18(10)3/h6H,4-5,12H2,1-3H3,(H,14,16,17). The number of rotatable bonds is 5. The SMILES string of the molecule is CCc1nnc(NS(=O)(=O)c2c(N)ncn2C)nc1CC. The number of imidazole rings is 1. The minimum Gasteiger partial charge on any atom is -0.381 e. The highest BCUT2D eigenvalue weighted by Gasteiger charge is 2.24. The second kappa shape index (κ2) is 5.64. The molecule has 0 fully saturated rings. The fourth-order valence-electron chi connectivity index (χ4n) is 1.91. The molecule has 0 aromatic carbocycles. The van der Waals surface area contributed by atoms with Gasteiger partial charge in [-0.05, 0) is 12.8 Å². The van der Waals surface area contributed by atoms with Gasteiger partial charge in [-0.1, -0.05) is 13.8 Å². The van der Waals surface area contributed by atoms with Crippen LogP contribution in [0.5, 0.6) is 0 Å². The van der Waals surface area contributed by atoms with Gasteiger partial charge in [0.15, 0.2) is 10.8 Å². The predicted octanol–water partition coefficient (Wildman–Crippen LogP) is 0.113. The zero-order chi connectivity index (χ0) is 15.6. The Kier molecular flexibility index (Phi) is 4.07. The summed E-state index contributed by atoms with van der Waals surface area (Å²) in [5.41, 5.74) is 7.04. The van der Waals surface area contributed by atoms with E-state index in [0.717, 1.165) is 5.69 Å². The first kappa shape index (κ1) is 15.2. The van der Waals surface area contributed by atoms with E-state index in [1.54, 1.807) is 0 Å².